The van der Waals surface area contributed by atoms with Gasteiger partial charge in [-0.3, -0.25) is 4.99 Å². The summed E-state index contributed by atoms with van der Waals surface area (Å²) in [5, 5.41) is 10.0. The third kappa shape index (κ3) is 5.66. The first-order valence-electron chi connectivity index (χ1n) is 9.48. The highest BCUT2D eigenvalue weighted by Gasteiger charge is 2.07. The van der Waals surface area contributed by atoms with E-state index in [1.54, 1.807) is 28.2 Å². The maximum atomic E-state index is 13.1. The lowest BCUT2D eigenvalue weighted by Gasteiger charge is -2.21. The molecule has 0 fully saturated rings. The molecule has 0 atom stereocenters. The number of aliphatic imine (C=N–C) groups is 1. The highest BCUT2D eigenvalue weighted by molar-refractivity contribution is 7.09. The highest BCUT2D eigenvalue weighted by Crippen LogP contribution is 2.10. The Kier molecular flexibility index (Phi) is 7.19. The van der Waals surface area contributed by atoms with Crippen LogP contribution in [0.3, 0.4) is 0 Å². The van der Waals surface area contributed by atoms with E-state index in [4.69, 9.17) is 4.99 Å². The second-order valence-corrected chi connectivity index (χ2v) is 7.50. The van der Waals surface area contributed by atoms with E-state index in [1.165, 1.54) is 17.0 Å². The highest BCUT2D eigenvalue weighted by atomic mass is 32.1. The van der Waals surface area contributed by atoms with Crippen molar-refractivity contribution >= 4 is 17.3 Å². The summed E-state index contributed by atoms with van der Waals surface area (Å²) in [6.45, 7) is 4.49. The molecule has 0 amide bonds. The topological polar surface area (TPSA) is 45.5 Å². The molecule has 0 unspecified atom stereocenters. The molecule has 3 rings (SSSR count). The molecule has 0 aliphatic rings. The van der Waals surface area contributed by atoms with E-state index in [1.807, 2.05) is 12.3 Å². The van der Waals surface area contributed by atoms with Gasteiger partial charge >= 0.3 is 0 Å². The van der Waals surface area contributed by atoms with Gasteiger partial charge in [0.05, 0.1) is 11.4 Å². The number of thiophene rings is 1. The first-order chi connectivity index (χ1) is 13.7. The number of likely N-dealkylation sites (N-methyl/N-ethyl adjacent to an activating group) is 1. The van der Waals surface area contributed by atoms with Crippen molar-refractivity contribution in [2.45, 2.75) is 19.8 Å². The lowest BCUT2D eigenvalue weighted by molar-refractivity contribution is 0.487. The van der Waals surface area contributed by atoms with E-state index in [-0.39, 0.29) is 5.82 Å². The summed E-state index contributed by atoms with van der Waals surface area (Å²) >= 11 is 1.79. The molecule has 1 aromatic carbocycles. The number of guanidine groups is 1. The fourth-order valence-corrected chi connectivity index (χ4v) is 3.52. The number of aromatic nitrogens is 2. The number of halogens is 1. The molecule has 1 N–H and O–H groups in total. The van der Waals surface area contributed by atoms with Crippen molar-refractivity contribution in [2.75, 3.05) is 26.7 Å². The van der Waals surface area contributed by atoms with Gasteiger partial charge in [-0.1, -0.05) is 6.07 Å². The van der Waals surface area contributed by atoms with Crippen molar-refractivity contribution in [3.8, 4) is 5.69 Å². The maximum Gasteiger partial charge on any atom is 0.193 e. The summed E-state index contributed by atoms with van der Waals surface area (Å²) in [6.07, 6.45) is 3.66. The molecular weight excluding hydrogens is 373 g/mol. The standard InChI is InChI=1S/C21H26FN5S/c1-3-23-21(26(2)14-12-20-5-4-16-28-20)24-13-10-18-11-15-27(25-18)19-8-6-17(22)7-9-19/h4-9,11,15-16H,3,10,12-14H2,1-2H3,(H,23,24). The molecule has 0 saturated heterocycles. The molecule has 2 heterocycles. The zero-order valence-corrected chi connectivity index (χ0v) is 17.1. The van der Waals surface area contributed by atoms with Crippen LogP contribution < -0.4 is 5.32 Å². The largest absolute Gasteiger partial charge is 0.357 e. The van der Waals surface area contributed by atoms with Crippen LogP contribution in [0, 0.1) is 5.82 Å². The van der Waals surface area contributed by atoms with Gasteiger partial charge in [-0.05, 0) is 55.1 Å². The van der Waals surface area contributed by atoms with Gasteiger partial charge in [0.15, 0.2) is 5.96 Å². The normalized spacial score (nSPS) is 11.6. The molecule has 2 aromatic heterocycles. The summed E-state index contributed by atoms with van der Waals surface area (Å²) in [4.78, 5) is 8.29. The zero-order valence-electron chi connectivity index (χ0n) is 16.3. The number of nitrogens with one attached hydrogen (secondary N) is 1. The van der Waals surface area contributed by atoms with Gasteiger partial charge in [0.25, 0.3) is 0 Å². The first-order valence-corrected chi connectivity index (χ1v) is 10.4. The average Bonchev–Trinajstić information content (AvgIpc) is 3.38. The smallest absolute Gasteiger partial charge is 0.193 e. The van der Waals surface area contributed by atoms with E-state index < -0.39 is 0 Å². The average molecular weight is 400 g/mol. The van der Waals surface area contributed by atoms with Crippen LogP contribution in [0.15, 0.2) is 59.0 Å². The van der Waals surface area contributed by atoms with E-state index >= 15 is 0 Å². The van der Waals surface area contributed by atoms with Gasteiger partial charge in [0.1, 0.15) is 5.82 Å². The molecule has 3 aromatic rings. The van der Waals surface area contributed by atoms with Gasteiger partial charge in [0, 0.05) is 44.2 Å². The summed E-state index contributed by atoms with van der Waals surface area (Å²) in [5.41, 5.74) is 1.81. The number of benzene rings is 1. The summed E-state index contributed by atoms with van der Waals surface area (Å²) < 4.78 is 14.8. The van der Waals surface area contributed by atoms with Gasteiger partial charge in [-0.2, -0.15) is 5.10 Å². The molecule has 0 spiro atoms. The van der Waals surface area contributed by atoms with Crippen LogP contribution in [0.4, 0.5) is 4.39 Å². The first kappa shape index (κ1) is 20.1. The van der Waals surface area contributed by atoms with Crippen LogP contribution in [0.25, 0.3) is 5.69 Å². The quantitative estimate of drug-likeness (QED) is 0.463. The minimum atomic E-state index is -0.246. The molecule has 148 valence electrons. The fourth-order valence-electron chi connectivity index (χ4n) is 2.82. The van der Waals surface area contributed by atoms with E-state index in [9.17, 15) is 4.39 Å². The SMILES string of the molecule is CCNC(=NCCc1ccn(-c2ccc(F)cc2)n1)N(C)CCc1cccs1. The Hall–Kier alpha value is -2.67. The predicted octanol–water partition coefficient (Wildman–Crippen LogP) is 3.76. The van der Waals surface area contributed by atoms with Gasteiger partial charge < -0.3 is 10.2 Å². The molecule has 5 nitrogen and oxygen atoms in total. The third-order valence-corrected chi connectivity index (χ3v) is 5.27. The molecule has 0 radical (unpaired) electrons. The van der Waals surface area contributed by atoms with Crippen molar-refractivity contribution in [3.05, 3.63) is 70.4 Å². The Balaban J connectivity index is 1.55. The number of rotatable bonds is 8. The van der Waals surface area contributed by atoms with Crippen LogP contribution in [0.2, 0.25) is 0 Å². The van der Waals surface area contributed by atoms with E-state index in [2.05, 4.69) is 46.8 Å². The minimum Gasteiger partial charge on any atom is -0.357 e. The monoisotopic (exact) mass is 399 g/mol. The van der Waals surface area contributed by atoms with Crippen LogP contribution in [0.5, 0.6) is 0 Å². The van der Waals surface area contributed by atoms with Crippen LogP contribution in [0.1, 0.15) is 17.5 Å². The zero-order chi connectivity index (χ0) is 19.8. The number of nitrogens with zero attached hydrogens (tertiary/aromatic N) is 4. The number of hydrogen-bond donors (Lipinski definition) is 1. The van der Waals surface area contributed by atoms with Crippen molar-refractivity contribution < 1.29 is 4.39 Å². The lowest BCUT2D eigenvalue weighted by atomic mass is 10.3. The van der Waals surface area contributed by atoms with Gasteiger partial charge in [-0.15, -0.1) is 11.3 Å². The molecular formula is C21H26FN5S. The van der Waals surface area contributed by atoms with Crippen molar-refractivity contribution in [1.82, 2.24) is 20.0 Å². The Bertz CT molecular complexity index is 871. The van der Waals surface area contributed by atoms with Crippen LogP contribution >= 0.6 is 11.3 Å². The Labute approximate surface area is 169 Å². The molecule has 7 heteroatoms. The molecule has 0 aliphatic carbocycles. The van der Waals surface area contributed by atoms with Crippen LogP contribution in [-0.4, -0.2) is 47.3 Å². The predicted molar refractivity (Wildman–Crippen MR) is 114 cm³/mol. The third-order valence-electron chi connectivity index (χ3n) is 4.34. The van der Waals surface area contributed by atoms with Crippen LogP contribution in [-0.2, 0) is 12.8 Å². The van der Waals surface area contributed by atoms with Crippen molar-refractivity contribution in [1.29, 1.82) is 0 Å². The van der Waals surface area contributed by atoms with Gasteiger partial charge in [-0.25, -0.2) is 9.07 Å². The maximum absolute atomic E-state index is 13.1. The lowest BCUT2D eigenvalue weighted by Crippen LogP contribution is -2.40. The second kappa shape index (κ2) is 10.0. The summed E-state index contributed by atoms with van der Waals surface area (Å²) in [7, 11) is 2.07. The summed E-state index contributed by atoms with van der Waals surface area (Å²) in [6, 6.07) is 12.5. The number of hydrogen-bond acceptors (Lipinski definition) is 3. The summed E-state index contributed by atoms with van der Waals surface area (Å²) in [5.74, 6) is 0.668. The Morgan fingerprint density at radius 2 is 2.04 bits per heavy atom. The second-order valence-electron chi connectivity index (χ2n) is 6.46. The molecule has 0 aliphatic heterocycles. The van der Waals surface area contributed by atoms with Crippen molar-refractivity contribution in [2.24, 2.45) is 4.99 Å². The fraction of sp³-hybridized carbons (Fsp3) is 0.333. The van der Waals surface area contributed by atoms with Gasteiger partial charge in [0.2, 0.25) is 0 Å². The Morgan fingerprint density at radius 1 is 1.21 bits per heavy atom. The van der Waals surface area contributed by atoms with E-state index in [0.717, 1.165) is 43.3 Å². The van der Waals surface area contributed by atoms with Crippen molar-refractivity contribution in [3.63, 3.8) is 0 Å². The molecule has 28 heavy (non-hydrogen) atoms. The van der Waals surface area contributed by atoms with E-state index in [0.29, 0.717) is 6.54 Å². The molecule has 0 saturated carbocycles. The molecule has 0 bridgehead atoms. The minimum absolute atomic E-state index is 0.246. The Morgan fingerprint density at radius 3 is 2.75 bits per heavy atom.